The number of benzene rings is 1. The molecule has 2 heterocycles. The van der Waals surface area contributed by atoms with Crippen molar-refractivity contribution in [3.8, 4) is 0 Å². The SMILES string of the molecule is O=C1[CH]CCCCN1CC(=O)N1CCN(Cc2ccccc2)CC1. The van der Waals surface area contributed by atoms with Gasteiger partial charge in [-0.15, -0.1) is 0 Å². The Morgan fingerprint density at radius 2 is 1.71 bits per heavy atom. The van der Waals surface area contributed by atoms with Crippen molar-refractivity contribution in [2.45, 2.75) is 25.8 Å². The van der Waals surface area contributed by atoms with E-state index in [1.54, 1.807) is 11.3 Å². The molecule has 1 radical (unpaired) electrons. The normalized spacial score (nSPS) is 20.1. The summed E-state index contributed by atoms with van der Waals surface area (Å²) in [7, 11) is 0. The Hall–Kier alpha value is -1.88. The Bertz CT molecular complexity index is 553. The lowest BCUT2D eigenvalue weighted by atomic mass is 10.2. The van der Waals surface area contributed by atoms with Crippen LogP contribution in [0.3, 0.4) is 0 Å². The monoisotopic (exact) mass is 328 g/mol. The Morgan fingerprint density at radius 1 is 0.958 bits per heavy atom. The van der Waals surface area contributed by atoms with E-state index in [1.807, 2.05) is 11.0 Å². The van der Waals surface area contributed by atoms with Gasteiger partial charge in [0.2, 0.25) is 11.8 Å². The predicted molar refractivity (Wildman–Crippen MR) is 93.0 cm³/mol. The first-order valence-electron chi connectivity index (χ1n) is 8.88. The molecule has 0 bridgehead atoms. The van der Waals surface area contributed by atoms with Crippen molar-refractivity contribution in [3.63, 3.8) is 0 Å². The molecule has 1 aromatic carbocycles. The second-order valence-electron chi connectivity index (χ2n) is 6.60. The van der Waals surface area contributed by atoms with Gasteiger partial charge in [0.15, 0.2) is 0 Å². The summed E-state index contributed by atoms with van der Waals surface area (Å²) in [5.41, 5.74) is 1.31. The standard InChI is InChI=1S/C19H26N3O2/c23-18-9-5-2-6-10-22(18)16-19(24)21-13-11-20(12-14-21)15-17-7-3-1-4-8-17/h1,3-4,7-9H,2,5-6,10-16H2. The molecule has 2 amide bonds. The van der Waals surface area contributed by atoms with Gasteiger partial charge < -0.3 is 9.80 Å². The van der Waals surface area contributed by atoms with Crippen molar-refractivity contribution in [3.05, 3.63) is 42.3 Å². The summed E-state index contributed by atoms with van der Waals surface area (Å²) >= 11 is 0. The van der Waals surface area contributed by atoms with Gasteiger partial charge in [-0.05, 0) is 18.4 Å². The van der Waals surface area contributed by atoms with E-state index in [4.69, 9.17) is 0 Å². The maximum absolute atomic E-state index is 12.5. The van der Waals surface area contributed by atoms with Crippen LogP contribution in [0.1, 0.15) is 24.8 Å². The second-order valence-corrected chi connectivity index (χ2v) is 6.60. The third kappa shape index (κ3) is 4.57. The molecule has 2 aliphatic heterocycles. The molecule has 0 aliphatic carbocycles. The molecule has 0 aromatic heterocycles. The molecule has 3 rings (SSSR count). The number of likely N-dealkylation sites (tertiary alicyclic amines) is 1. The number of hydrogen-bond donors (Lipinski definition) is 0. The van der Waals surface area contributed by atoms with Crippen LogP contribution >= 0.6 is 0 Å². The summed E-state index contributed by atoms with van der Waals surface area (Å²) in [4.78, 5) is 30.4. The van der Waals surface area contributed by atoms with Crippen molar-refractivity contribution in [1.82, 2.24) is 14.7 Å². The highest BCUT2D eigenvalue weighted by molar-refractivity contribution is 5.89. The molecule has 129 valence electrons. The van der Waals surface area contributed by atoms with E-state index >= 15 is 0 Å². The van der Waals surface area contributed by atoms with E-state index in [0.29, 0.717) is 6.54 Å². The summed E-state index contributed by atoms with van der Waals surface area (Å²) in [5.74, 6) is 0.0987. The fourth-order valence-corrected chi connectivity index (χ4v) is 3.33. The molecule has 0 spiro atoms. The summed E-state index contributed by atoms with van der Waals surface area (Å²) in [5, 5.41) is 0. The van der Waals surface area contributed by atoms with E-state index in [0.717, 1.165) is 52.0 Å². The van der Waals surface area contributed by atoms with Crippen LogP contribution in [-0.4, -0.2) is 65.8 Å². The van der Waals surface area contributed by atoms with Crippen LogP contribution in [0, 0.1) is 6.42 Å². The van der Waals surface area contributed by atoms with Gasteiger partial charge >= 0.3 is 0 Å². The number of piperazine rings is 1. The predicted octanol–water partition coefficient (Wildman–Crippen LogP) is 1.55. The van der Waals surface area contributed by atoms with Crippen molar-refractivity contribution >= 4 is 11.8 Å². The van der Waals surface area contributed by atoms with Crippen LogP contribution in [-0.2, 0) is 16.1 Å². The first kappa shape index (κ1) is 17.0. The van der Waals surface area contributed by atoms with E-state index in [9.17, 15) is 9.59 Å². The second kappa shape index (κ2) is 8.29. The van der Waals surface area contributed by atoms with Crippen molar-refractivity contribution in [2.75, 3.05) is 39.3 Å². The minimum absolute atomic E-state index is 0.0172. The molecular formula is C19H26N3O2. The Balaban J connectivity index is 1.45. The smallest absolute Gasteiger partial charge is 0.242 e. The Morgan fingerprint density at radius 3 is 2.46 bits per heavy atom. The Kier molecular flexibility index (Phi) is 5.86. The van der Waals surface area contributed by atoms with E-state index < -0.39 is 0 Å². The van der Waals surface area contributed by atoms with Crippen LogP contribution in [0.15, 0.2) is 30.3 Å². The molecule has 0 atom stereocenters. The quantitative estimate of drug-likeness (QED) is 0.842. The molecule has 5 nitrogen and oxygen atoms in total. The van der Waals surface area contributed by atoms with Gasteiger partial charge in [0.1, 0.15) is 0 Å². The third-order valence-corrected chi connectivity index (χ3v) is 4.81. The third-order valence-electron chi connectivity index (χ3n) is 4.81. The lowest BCUT2D eigenvalue weighted by Crippen LogP contribution is -2.51. The van der Waals surface area contributed by atoms with Crippen LogP contribution in [0.25, 0.3) is 0 Å². The molecular weight excluding hydrogens is 302 g/mol. The first-order chi connectivity index (χ1) is 11.7. The van der Waals surface area contributed by atoms with Gasteiger partial charge in [0.25, 0.3) is 0 Å². The summed E-state index contributed by atoms with van der Waals surface area (Å²) in [6.07, 6.45) is 4.58. The lowest BCUT2D eigenvalue weighted by Gasteiger charge is -2.35. The number of amides is 2. The highest BCUT2D eigenvalue weighted by atomic mass is 16.2. The van der Waals surface area contributed by atoms with E-state index in [-0.39, 0.29) is 18.4 Å². The highest BCUT2D eigenvalue weighted by Crippen LogP contribution is 2.12. The largest absolute Gasteiger partial charge is 0.339 e. The summed E-state index contributed by atoms with van der Waals surface area (Å²) in [6.45, 7) is 5.14. The average molecular weight is 328 g/mol. The van der Waals surface area contributed by atoms with Crippen molar-refractivity contribution < 1.29 is 9.59 Å². The van der Waals surface area contributed by atoms with Crippen LogP contribution in [0.5, 0.6) is 0 Å². The maximum Gasteiger partial charge on any atom is 0.242 e. The maximum atomic E-state index is 12.5. The number of rotatable bonds is 4. The molecule has 0 N–H and O–H groups in total. The summed E-state index contributed by atoms with van der Waals surface area (Å²) < 4.78 is 0. The van der Waals surface area contributed by atoms with Crippen molar-refractivity contribution in [2.24, 2.45) is 0 Å². The molecule has 2 fully saturated rings. The molecule has 5 heteroatoms. The fraction of sp³-hybridized carbons (Fsp3) is 0.526. The van der Waals surface area contributed by atoms with E-state index in [1.165, 1.54) is 5.56 Å². The Labute approximate surface area is 144 Å². The minimum atomic E-state index is 0.0172. The highest BCUT2D eigenvalue weighted by Gasteiger charge is 2.25. The molecule has 24 heavy (non-hydrogen) atoms. The lowest BCUT2D eigenvalue weighted by molar-refractivity contribution is -0.139. The van der Waals surface area contributed by atoms with Crippen LogP contribution < -0.4 is 0 Å². The van der Waals surface area contributed by atoms with Crippen LogP contribution in [0.2, 0.25) is 0 Å². The minimum Gasteiger partial charge on any atom is -0.339 e. The zero-order valence-corrected chi connectivity index (χ0v) is 14.2. The van der Waals surface area contributed by atoms with Gasteiger partial charge in [-0.3, -0.25) is 14.5 Å². The van der Waals surface area contributed by atoms with Gasteiger partial charge in [-0.2, -0.15) is 0 Å². The zero-order valence-electron chi connectivity index (χ0n) is 14.2. The number of nitrogens with zero attached hydrogens (tertiary/aromatic N) is 3. The topological polar surface area (TPSA) is 43.9 Å². The molecule has 1 aromatic rings. The van der Waals surface area contributed by atoms with Crippen molar-refractivity contribution in [1.29, 1.82) is 0 Å². The zero-order chi connectivity index (χ0) is 16.8. The number of hydrogen-bond acceptors (Lipinski definition) is 3. The summed E-state index contributed by atoms with van der Waals surface area (Å²) in [6, 6.07) is 10.4. The van der Waals surface area contributed by atoms with Gasteiger partial charge in [-0.1, -0.05) is 36.8 Å². The number of carbonyl (C=O) groups is 2. The van der Waals surface area contributed by atoms with Gasteiger partial charge in [0, 0.05) is 45.7 Å². The molecule has 0 saturated carbocycles. The van der Waals surface area contributed by atoms with E-state index in [2.05, 4.69) is 29.2 Å². The van der Waals surface area contributed by atoms with Gasteiger partial charge in [-0.25, -0.2) is 0 Å². The number of carbonyl (C=O) groups excluding carboxylic acids is 2. The first-order valence-corrected chi connectivity index (χ1v) is 8.88. The molecule has 2 saturated heterocycles. The van der Waals surface area contributed by atoms with Crippen LogP contribution in [0.4, 0.5) is 0 Å². The molecule has 2 aliphatic rings. The average Bonchev–Trinajstić information content (AvgIpc) is 2.81. The molecule has 0 unspecified atom stereocenters. The fourth-order valence-electron chi connectivity index (χ4n) is 3.33. The van der Waals surface area contributed by atoms with Gasteiger partial charge in [0.05, 0.1) is 6.54 Å².